The lowest BCUT2D eigenvalue weighted by Crippen LogP contribution is -2.64. The van der Waals surface area contributed by atoms with Gasteiger partial charge in [-0.1, -0.05) is 6.58 Å². The number of amides is 2. The molecule has 0 aromatic rings. The van der Waals surface area contributed by atoms with Crippen LogP contribution in [0.4, 0.5) is 0 Å². The van der Waals surface area contributed by atoms with Crippen LogP contribution in [0.3, 0.4) is 0 Å². The third-order valence-corrected chi connectivity index (χ3v) is 3.68. The Kier molecular flexibility index (Phi) is 9.70. The predicted octanol–water partition coefficient (Wildman–Crippen LogP) is -2.34. The van der Waals surface area contributed by atoms with Crippen LogP contribution in [-0.2, 0) is 23.8 Å². The molecule has 0 bridgehead atoms. The van der Waals surface area contributed by atoms with Crippen LogP contribution in [0.5, 0.6) is 0 Å². The molecular formula is C16H28N2O8. The molecule has 0 aliphatic carbocycles. The van der Waals surface area contributed by atoms with Crippen LogP contribution < -0.4 is 10.6 Å². The van der Waals surface area contributed by atoms with Crippen molar-refractivity contribution in [1.82, 2.24) is 10.6 Å². The Bertz CT molecular complexity index is 487. The highest BCUT2D eigenvalue weighted by molar-refractivity contribution is 5.92. The first kappa shape index (κ1) is 22.5. The van der Waals surface area contributed by atoms with Gasteiger partial charge in [0.1, 0.15) is 24.4 Å². The van der Waals surface area contributed by atoms with Crippen LogP contribution in [0.1, 0.15) is 13.8 Å². The maximum atomic E-state index is 11.3. The van der Waals surface area contributed by atoms with Gasteiger partial charge in [-0.15, -0.1) is 0 Å². The highest BCUT2D eigenvalue weighted by atomic mass is 16.7. The van der Waals surface area contributed by atoms with E-state index in [-0.39, 0.29) is 25.7 Å². The monoisotopic (exact) mass is 376 g/mol. The standard InChI is InChI=1S/C16H28N2O8/c1-9(2)15(23)17-4-5-24-6-7-25-16-12(18-10(3)20)14(22)13(21)11(8-19)26-16/h11-14,16,19,21-22H,1,4-8H2,2-3H3,(H,17,23)(H,18,20). The van der Waals surface area contributed by atoms with E-state index in [0.29, 0.717) is 12.1 Å². The van der Waals surface area contributed by atoms with Crippen molar-refractivity contribution in [3.8, 4) is 0 Å². The third-order valence-electron chi connectivity index (χ3n) is 3.68. The summed E-state index contributed by atoms with van der Waals surface area (Å²) < 4.78 is 16.2. The first-order valence-electron chi connectivity index (χ1n) is 8.30. The summed E-state index contributed by atoms with van der Waals surface area (Å²) in [5.41, 5.74) is 0.408. The van der Waals surface area contributed by atoms with Crippen molar-refractivity contribution in [1.29, 1.82) is 0 Å². The van der Waals surface area contributed by atoms with E-state index in [9.17, 15) is 24.9 Å². The van der Waals surface area contributed by atoms with E-state index in [4.69, 9.17) is 14.2 Å². The summed E-state index contributed by atoms with van der Waals surface area (Å²) >= 11 is 0. The molecule has 0 spiro atoms. The minimum Gasteiger partial charge on any atom is -0.394 e. The molecule has 1 aliphatic rings. The third kappa shape index (κ3) is 6.98. The van der Waals surface area contributed by atoms with E-state index in [1.165, 1.54) is 6.92 Å². The van der Waals surface area contributed by atoms with Crippen molar-refractivity contribution in [3.63, 3.8) is 0 Å². The Morgan fingerprint density at radius 1 is 1.15 bits per heavy atom. The van der Waals surface area contributed by atoms with Gasteiger partial charge in [0.05, 0.1) is 26.4 Å². The zero-order valence-corrected chi connectivity index (χ0v) is 15.0. The van der Waals surface area contributed by atoms with Crippen LogP contribution in [0.25, 0.3) is 0 Å². The lowest BCUT2D eigenvalue weighted by atomic mass is 9.97. The molecule has 1 fully saturated rings. The molecule has 0 aromatic heterocycles. The fraction of sp³-hybridized carbons (Fsp3) is 0.750. The second-order valence-electron chi connectivity index (χ2n) is 5.95. The summed E-state index contributed by atoms with van der Waals surface area (Å²) in [5.74, 6) is -0.674. The van der Waals surface area contributed by atoms with Gasteiger partial charge >= 0.3 is 0 Å². The second kappa shape index (κ2) is 11.2. The largest absolute Gasteiger partial charge is 0.394 e. The average Bonchev–Trinajstić information content (AvgIpc) is 2.59. The summed E-state index contributed by atoms with van der Waals surface area (Å²) in [6.07, 6.45) is -4.79. The number of nitrogens with one attached hydrogen (secondary N) is 2. The van der Waals surface area contributed by atoms with Crippen molar-refractivity contribution >= 4 is 11.8 Å². The number of hydrogen-bond acceptors (Lipinski definition) is 8. The molecule has 1 heterocycles. The Balaban J connectivity index is 2.38. The van der Waals surface area contributed by atoms with Gasteiger partial charge in [-0.25, -0.2) is 0 Å². The van der Waals surface area contributed by atoms with Crippen molar-refractivity contribution in [2.24, 2.45) is 0 Å². The van der Waals surface area contributed by atoms with Gasteiger partial charge in [-0.2, -0.15) is 0 Å². The van der Waals surface area contributed by atoms with Crippen LogP contribution in [0, 0.1) is 0 Å². The highest BCUT2D eigenvalue weighted by Gasteiger charge is 2.45. The molecule has 10 heteroatoms. The number of carbonyl (C=O) groups excluding carboxylic acids is 2. The average molecular weight is 376 g/mol. The molecule has 1 aliphatic heterocycles. The summed E-state index contributed by atoms with van der Waals surface area (Å²) in [4.78, 5) is 22.6. The molecule has 2 amide bonds. The Morgan fingerprint density at radius 3 is 2.42 bits per heavy atom. The van der Waals surface area contributed by atoms with Crippen molar-refractivity contribution in [3.05, 3.63) is 12.2 Å². The zero-order chi connectivity index (χ0) is 19.7. The van der Waals surface area contributed by atoms with E-state index in [1.807, 2.05) is 0 Å². The maximum Gasteiger partial charge on any atom is 0.246 e. The van der Waals surface area contributed by atoms with Crippen LogP contribution in [0.2, 0.25) is 0 Å². The molecule has 5 N–H and O–H groups in total. The predicted molar refractivity (Wildman–Crippen MR) is 90.0 cm³/mol. The molecule has 26 heavy (non-hydrogen) atoms. The lowest BCUT2D eigenvalue weighted by Gasteiger charge is -2.42. The van der Waals surface area contributed by atoms with Crippen molar-refractivity contribution in [2.75, 3.05) is 33.0 Å². The van der Waals surface area contributed by atoms with Crippen LogP contribution in [-0.4, -0.2) is 90.7 Å². The van der Waals surface area contributed by atoms with Crippen LogP contribution in [0.15, 0.2) is 12.2 Å². The Labute approximate surface area is 152 Å². The normalized spacial score (nSPS) is 28.4. The van der Waals surface area contributed by atoms with Gasteiger partial charge in [0.15, 0.2) is 6.29 Å². The first-order valence-corrected chi connectivity index (χ1v) is 8.30. The van der Waals surface area contributed by atoms with Gasteiger partial charge in [0, 0.05) is 19.0 Å². The smallest absolute Gasteiger partial charge is 0.246 e. The van der Waals surface area contributed by atoms with Gasteiger partial charge in [-0.05, 0) is 6.92 Å². The van der Waals surface area contributed by atoms with E-state index < -0.39 is 43.2 Å². The molecule has 150 valence electrons. The Morgan fingerprint density at radius 2 is 1.85 bits per heavy atom. The highest BCUT2D eigenvalue weighted by Crippen LogP contribution is 2.22. The van der Waals surface area contributed by atoms with Gasteiger partial charge in [0.2, 0.25) is 11.8 Å². The minimum absolute atomic E-state index is 0.0795. The van der Waals surface area contributed by atoms with E-state index in [1.54, 1.807) is 6.92 Å². The number of aliphatic hydroxyl groups is 3. The van der Waals surface area contributed by atoms with Crippen LogP contribution >= 0.6 is 0 Å². The fourth-order valence-electron chi connectivity index (χ4n) is 2.33. The topological polar surface area (TPSA) is 147 Å². The SMILES string of the molecule is C=C(C)C(=O)NCCOCCOC1OC(CO)C(O)C(O)C1NC(C)=O. The summed E-state index contributed by atoms with van der Waals surface area (Å²) in [6, 6.07) is -0.986. The molecule has 5 unspecified atom stereocenters. The van der Waals surface area contributed by atoms with Gasteiger partial charge in [0.25, 0.3) is 0 Å². The molecule has 10 nitrogen and oxygen atoms in total. The molecular weight excluding hydrogens is 348 g/mol. The number of ether oxygens (including phenoxy) is 3. The van der Waals surface area contributed by atoms with Crippen molar-refractivity contribution in [2.45, 2.75) is 44.5 Å². The summed E-state index contributed by atoms with van der Waals surface area (Å²) in [6.45, 7) is 6.71. The quantitative estimate of drug-likeness (QED) is 0.210. The number of rotatable bonds is 10. The molecule has 5 atom stereocenters. The minimum atomic E-state index is -1.36. The molecule has 0 radical (unpaired) electrons. The summed E-state index contributed by atoms with van der Waals surface area (Å²) in [5, 5.41) is 34.3. The Hall–Kier alpha value is -1.56. The molecule has 0 aromatic carbocycles. The van der Waals surface area contributed by atoms with Crippen molar-refractivity contribution < 1.29 is 39.1 Å². The number of hydrogen-bond donors (Lipinski definition) is 5. The van der Waals surface area contributed by atoms with Gasteiger partial charge in [-0.3, -0.25) is 9.59 Å². The second-order valence-corrected chi connectivity index (χ2v) is 5.95. The zero-order valence-electron chi connectivity index (χ0n) is 15.0. The lowest BCUT2D eigenvalue weighted by molar-refractivity contribution is -0.272. The van der Waals surface area contributed by atoms with E-state index in [2.05, 4.69) is 17.2 Å². The van der Waals surface area contributed by atoms with Gasteiger partial charge < -0.3 is 40.2 Å². The fourth-order valence-corrected chi connectivity index (χ4v) is 2.33. The molecule has 1 saturated heterocycles. The number of aliphatic hydroxyl groups excluding tert-OH is 3. The molecule has 0 saturated carbocycles. The first-order chi connectivity index (χ1) is 12.3. The molecule has 1 rings (SSSR count). The number of carbonyl (C=O) groups is 2. The van der Waals surface area contributed by atoms with E-state index in [0.717, 1.165) is 0 Å². The summed E-state index contributed by atoms with van der Waals surface area (Å²) in [7, 11) is 0. The van der Waals surface area contributed by atoms with E-state index >= 15 is 0 Å². The maximum absolute atomic E-state index is 11.3.